The lowest BCUT2D eigenvalue weighted by Crippen LogP contribution is -2.48. The maximum absolute atomic E-state index is 12.4. The predicted octanol–water partition coefficient (Wildman–Crippen LogP) is 0.666. The van der Waals surface area contributed by atoms with Crippen LogP contribution < -0.4 is 0 Å². The summed E-state index contributed by atoms with van der Waals surface area (Å²) in [4.78, 5) is 0. The molecule has 2 atom stereocenters. The molecule has 0 radical (unpaired) electrons. The third-order valence-corrected chi connectivity index (χ3v) is 5.87. The normalized spacial score (nSPS) is 28.6. The summed E-state index contributed by atoms with van der Waals surface area (Å²) in [5.41, 5.74) is 0. The smallest absolute Gasteiger partial charge is 0.281 e. The van der Waals surface area contributed by atoms with Gasteiger partial charge in [-0.25, -0.2) is 0 Å². The first-order chi connectivity index (χ1) is 8.41. The van der Waals surface area contributed by atoms with Gasteiger partial charge in [-0.3, -0.25) is 0 Å². The first-order valence-electron chi connectivity index (χ1n) is 6.80. The number of likely N-dealkylation sites (N-methyl/N-ethyl adjacent to an activating group) is 1. The van der Waals surface area contributed by atoms with Crippen LogP contribution in [0.15, 0.2) is 0 Å². The van der Waals surface area contributed by atoms with E-state index in [1.165, 1.54) is 4.31 Å². The summed E-state index contributed by atoms with van der Waals surface area (Å²) in [6.45, 7) is 3.52. The van der Waals surface area contributed by atoms with E-state index < -0.39 is 16.3 Å². The summed E-state index contributed by atoms with van der Waals surface area (Å²) in [6, 6.07) is 0. The number of rotatable bonds is 5. The van der Waals surface area contributed by atoms with Crippen LogP contribution in [0.4, 0.5) is 0 Å². The van der Waals surface area contributed by atoms with Crippen LogP contribution in [0.1, 0.15) is 32.6 Å². The predicted molar refractivity (Wildman–Crippen MR) is 70.3 cm³/mol. The standard InChI is InChI=1S/C12H24N2O3S/c1-10-4-3-7-14(8-10)18(16,17)13(2)9-12(15)11-5-6-11/h10-12,15H,3-9H2,1-2H3. The molecule has 0 spiro atoms. The van der Waals surface area contributed by atoms with Crippen LogP contribution in [-0.2, 0) is 10.2 Å². The van der Waals surface area contributed by atoms with Crippen molar-refractivity contribution >= 4 is 10.2 Å². The molecule has 1 heterocycles. The largest absolute Gasteiger partial charge is 0.391 e. The maximum atomic E-state index is 12.4. The molecule has 106 valence electrons. The van der Waals surface area contributed by atoms with E-state index in [0.717, 1.165) is 25.7 Å². The van der Waals surface area contributed by atoms with Gasteiger partial charge in [-0.15, -0.1) is 0 Å². The van der Waals surface area contributed by atoms with Crippen molar-refractivity contribution in [2.75, 3.05) is 26.7 Å². The molecule has 1 aliphatic heterocycles. The van der Waals surface area contributed by atoms with E-state index in [0.29, 0.717) is 24.9 Å². The van der Waals surface area contributed by atoms with Gasteiger partial charge in [0.25, 0.3) is 10.2 Å². The number of aliphatic hydroxyl groups is 1. The van der Waals surface area contributed by atoms with Gasteiger partial charge >= 0.3 is 0 Å². The summed E-state index contributed by atoms with van der Waals surface area (Å²) < 4.78 is 27.6. The van der Waals surface area contributed by atoms with Gasteiger partial charge in [0.05, 0.1) is 6.10 Å². The molecule has 6 heteroatoms. The fourth-order valence-corrected chi connectivity index (χ4v) is 4.08. The van der Waals surface area contributed by atoms with Crippen LogP contribution in [0.5, 0.6) is 0 Å². The molecular formula is C12H24N2O3S. The molecule has 0 aromatic heterocycles. The molecule has 1 aliphatic carbocycles. The van der Waals surface area contributed by atoms with Crippen molar-refractivity contribution in [3.8, 4) is 0 Å². The minimum atomic E-state index is -3.39. The molecule has 2 fully saturated rings. The van der Waals surface area contributed by atoms with Crippen LogP contribution in [0.2, 0.25) is 0 Å². The summed E-state index contributed by atoms with van der Waals surface area (Å²) in [5.74, 6) is 0.734. The van der Waals surface area contributed by atoms with Crippen LogP contribution in [0.3, 0.4) is 0 Å². The number of nitrogens with zero attached hydrogens (tertiary/aromatic N) is 2. The summed E-state index contributed by atoms with van der Waals surface area (Å²) in [7, 11) is -1.82. The highest BCUT2D eigenvalue weighted by Gasteiger charge is 2.35. The van der Waals surface area contributed by atoms with Crippen molar-refractivity contribution in [3.05, 3.63) is 0 Å². The molecule has 0 aromatic carbocycles. The second kappa shape index (κ2) is 5.45. The van der Waals surface area contributed by atoms with E-state index in [1.807, 2.05) is 0 Å². The van der Waals surface area contributed by atoms with Gasteiger partial charge in [0, 0.05) is 26.7 Å². The van der Waals surface area contributed by atoms with Crippen molar-refractivity contribution in [2.45, 2.75) is 38.7 Å². The molecule has 0 aromatic rings. The Morgan fingerprint density at radius 2 is 2.06 bits per heavy atom. The third-order valence-electron chi connectivity index (χ3n) is 3.95. The van der Waals surface area contributed by atoms with E-state index in [1.54, 1.807) is 11.4 Å². The van der Waals surface area contributed by atoms with Crippen molar-refractivity contribution in [2.24, 2.45) is 11.8 Å². The minimum Gasteiger partial charge on any atom is -0.391 e. The lowest BCUT2D eigenvalue weighted by Gasteiger charge is -2.33. The Morgan fingerprint density at radius 3 is 2.61 bits per heavy atom. The summed E-state index contributed by atoms with van der Waals surface area (Å²) >= 11 is 0. The molecule has 2 rings (SSSR count). The second-order valence-electron chi connectivity index (χ2n) is 5.80. The van der Waals surface area contributed by atoms with E-state index in [2.05, 4.69) is 6.92 Å². The monoisotopic (exact) mass is 276 g/mol. The zero-order valence-corrected chi connectivity index (χ0v) is 12.1. The highest BCUT2D eigenvalue weighted by atomic mass is 32.2. The van der Waals surface area contributed by atoms with Gasteiger partial charge in [-0.2, -0.15) is 17.0 Å². The lowest BCUT2D eigenvalue weighted by molar-refractivity contribution is 0.127. The molecule has 1 saturated heterocycles. The quantitative estimate of drug-likeness (QED) is 0.802. The van der Waals surface area contributed by atoms with Crippen molar-refractivity contribution in [1.82, 2.24) is 8.61 Å². The maximum Gasteiger partial charge on any atom is 0.281 e. The van der Waals surface area contributed by atoms with Gasteiger partial charge in [0.2, 0.25) is 0 Å². The topological polar surface area (TPSA) is 60.9 Å². The Hall–Kier alpha value is -0.170. The summed E-state index contributed by atoms with van der Waals surface area (Å²) in [5, 5.41) is 9.85. The fourth-order valence-electron chi connectivity index (χ4n) is 2.54. The average molecular weight is 276 g/mol. The van der Waals surface area contributed by atoms with Gasteiger partial charge in [-0.05, 0) is 37.5 Å². The van der Waals surface area contributed by atoms with Gasteiger partial charge < -0.3 is 5.11 Å². The van der Waals surface area contributed by atoms with E-state index in [-0.39, 0.29) is 6.54 Å². The van der Waals surface area contributed by atoms with Crippen LogP contribution >= 0.6 is 0 Å². The molecule has 18 heavy (non-hydrogen) atoms. The lowest BCUT2D eigenvalue weighted by atomic mass is 10.0. The average Bonchev–Trinajstić information content (AvgIpc) is 3.12. The van der Waals surface area contributed by atoms with E-state index >= 15 is 0 Å². The Balaban J connectivity index is 1.95. The van der Waals surface area contributed by atoms with Gasteiger partial charge in [0.1, 0.15) is 0 Å². The Bertz CT molecular complexity index is 381. The Kier molecular flexibility index (Phi) is 4.31. The van der Waals surface area contributed by atoms with E-state index in [9.17, 15) is 13.5 Å². The molecule has 5 nitrogen and oxygen atoms in total. The molecule has 0 bridgehead atoms. The highest BCUT2D eigenvalue weighted by molar-refractivity contribution is 7.86. The first kappa shape index (κ1) is 14.2. The van der Waals surface area contributed by atoms with Crippen LogP contribution in [-0.4, -0.2) is 54.9 Å². The zero-order chi connectivity index (χ0) is 13.3. The molecule has 2 aliphatic rings. The SMILES string of the molecule is CC1CCCN(S(=O)(=O)N(C)CC(O)C2CC2)C1. The number of hydrogen-bond acceptors (Lipinski definition) is 3. The highest BCUT2D eigenvalue weighted by Crippen LogP contribution is 2.33. The van der Waals surface area contributed by atoms with Crippen molar-refractivity contribution in [1.29, 1.82) is 0 Å². The minimum absolute atomic E-state index is 0.220. The number of piperidine rings is 1. The second-order valence-corrected chi connectivity index (χ2v) is 7.83. The first-order valence-corrected chi connectivity index (χ1v) is 8.20. The molecule has 0 amide bonds. The van der Waals surface area contributed by atoms with Crippen LogP contribution in [0, 0.1) is 11.8 Å². The fraction of sp³-hybridized carbons (Fsp3) is 1.00. The van der Waals surface area contributed by atoms with Crippen molar-refractivity contribution < 1.29 is 13.5 Å². The molecule has 2 unspecified atom stereocenters. The zero-order valence-electron chi connectivity index (χ0n) is 11.2. The number of aliphatic hydroxyl groups excluding tert-OH is 1. The molecule has 1 saturated carbocycles. The Morgan fingerprint density at radius 1 is 1.39 bits per heavy atom. The molecule has 1 N–H and O–H groups in total. The van der Waals surface area contributed by atoms with Gasteiger partial charge in [0.15, 0.2) is 0 Å². The van der Waals surface area contributed by atoms with E-state index in [4.69, 9.17) is 0 Å². The van der Waals surface area contributed by atoms with Crippen molar-refractivity contribution in [3.63, 3.8) is 0 Å². The Labute approximate surface area is 110 Å². The van der Waals surface area contributed by atoms with Gasteiger partial charge in [-0.1, -0.05) is 6.92 Å². The van der Waals surface area contributed by atoms with Crippen LogP contribution in [0.25, 0.3) is 0 Å². The summed E-state index contributed by atoms with van der Waals surface area (Å²) in [6.07, 6.45) is 3.57. The third kappa shape index (κ3) is 3.23. The molecular weight excluding hydrogens is 252 g/mol. The number of hydrogen-bond donors (Lipinski definition) is 1.